The number of aliphatic hydroxyl groups is 1. The van der Waals surface area contributed by atoms with Gasteiger partial charge in [0.05, 0.1) is 6.10 Å². The number of likely N-dealkylation sites (tertiary alicyclic amines) is 1. The van der Waals surface area contributed by atoms with Crippen LogP contribution < -0.4 is 5.32 Å². The Morgan fingerprint density at radius 1 is 1.41 bits per heavy atom. The summed E-state index contributed by atoms with van der Waals surface area (Å²) in [4.78, 5) is 14.0. The van der Waals surface area contributed by atoms with Crippen molar-refractivity contribution in [1.82, 2.24) is 4.90 Å². The van der Waals surface area contributed by atoms with E-state index in [1.807, 2.05) is 18.2 Å². The van der Waals surface area contributed by atoms with Gasteiger partial charge in [-0.15, -0.1) is 0 Å². The second kappa shape index (κ2) is 4.04. The maximum Gasteiger partial charge on any atom is 0.245 e. The molecule has 4 nitrogen and oxygen atoms in total. The third-order valence-electron chi connectivity index (χ3n) is 3.54. The smallest absolute Gasteiger partial charge is 0.245 e. The van der Waals surface area contributed by atoms with Gasteiger partial charge in [-0.3, -0.25) is 4.79 Å². The molecule has 90 valence electrons. The van der Waals surface area contributed by atoms with E-state index in [4.69, 9.17) is 0 Å². The number of rotatable bonds is 1. The number of hydrogen-bond acceptors (Lipinski definition) is 3. The van der Waals surface area contributed by atoms with E-state index in [2.05, 4.69) is 11.4 Å². The zero-order chi connectivity index (χ0) is 11.8. The van der Waals surface area contributed by atoms with Gasteiger partial charge in [0.2, 0.25) is 5.91 Å². The average Bonchev–Trinajstić information content (AvgIpc) is 2.93. The van der Waals surface area contributed by atoms with Crippen LogP contribution in [-0.4, -0.2) is 41.1 Å². The predicted molar refractivity (Wildman–Crippen MR) is 64.8 cm³/mol. The normalized spacial score (nSPS) is 26.8. The highest BCUT2D eigenvalue weighted by Crippen LogP contribution is 2.26. The lowest BCUT2D eigenvalue weighted by Crippen LogP contribution is -2.41. The summed E-state index contributed by atoms with van der Waals surface area (Å²) in [6, 6.07) is 7.86. The molecule has 2 heterocycles. The number of β-amino-alcohol motifs (C(OH)–C–C–N with tert-alkyl or cyclic N) is 1. The van der Waals surface area contributed by atoms with Crippen molar-refractivity contribution >= 4 is 11.6 Å². The summed E-state index contributed by atoms with van der Waals surface area (Å²) in [6.45, 7) is 1.15. The molecule has 2 aliphatic heterocycles. The van der Waals surface area contributed by atoms with Crippen molar-refractivity contribution in [2.45, 2.75) is 25.0 Å². The first-order valence-corrected chi connectivity index (χ1v) is 6.05. The Balaban J connectivity index is 1.70. The maximum absolute atomic E-state index is 12.2. The third kappa shape index (κ3) is 1.89. The lowest BCUT2D eigenvalue weighted by molar-refractivity contribution is -0.131. The van der Waals surface area contributed by atoms with E-state index in [9.17, 15) is 9.90 Å². The minimum Gasteiger partial charge on any atom is -0.391 e. The molecule has 2 atom stereocenters. The first-order chi connectivity index (χ1) is 8.24. The van der Waals surface area contributed by atoms with Gasteiger partial charge in [-0.05, 0) is 18.1 Å². The fourth-order valence-electron chi connectivity index (χ4n) is 2.61. The summed E-state index contributed by atoms with van der Waals surface area (Å²) in [6.07, 6.45) is 1.11. The zero-order valence-corrected chi connectivity index (χ0v) is 9.60. The molecule has 1 unspecified atom stereocenters. The lowest BCUT2D eigenvalue weighted by atomic mass is 10.1. The van der Waals surface area contributed by atoms with Gasteiger partial charge in [-0.1, -0.05) is 18.2 Å². The molecule has 1 amide bonds. The largest absolute Gasteiger partial charge is 0.391 e. The Hall–Kier alpha value is -1.55. The van der Waals surface area contributed by atoms with Crippen LogP contribution in [0.15, 0.2) is 24.3 Å². The molecule has 2 aliphatic rings. The van der Waals surface area contributed by atoms with Crippen molar-refractivity contribution < 1.29 is 9.90 Å². The molecule has 17 heavy (non-hydrogen) atoms. The first kappa shape index (κ1) is 10.6. The summed E-state index contributed by atoms with van der Waals surface area (Å²) in [7, 11) is 0. The standard InChI is InChI=1S/C13H16N2O2/c16-10-5-6-15(8-10)13(17)12-7-9-3-1-2-4-11(9)14-12/h1-4,10,12,14,16H,5-8H2/t10?,12-/m0/s1. The number of carbonyl (C=O) groups excluding carboxylic acids is 1. The van der Waals surface area contributed by atoms with Crippen LogP contribution in [0.3, 0.4) is 0 Å². The molecular weight excluding hydrogens is 216 g/mol. The number of aliphatic hydroxyl groups excluding tert-OH is 1. The highest BCUT2D eigenvalue weighted by atomic mass is 16.3. The number of nitrogens with one attached hydrogen (secondary N) is 1. The van der Waals surface area contributed by atoms with Gasteiger partial charge in [0.25, 0.3) is 0 Å². The average molecular weight is 232 g/mol. The quantitative estimate of drug-likeness (QED) is 0.746. The number of fused-ring (bicyclic) bond motifs is 1. The topological polar surface area (TPSA) is 52.6 Å². The van der Waals surface area contributed by atoms with Gasteiger partial charge in [-0.25, -0.2) is 0 Å². The highest BCUT2D eigenvalue weighted by molar-refractivity contribution is 5.87. The fraction of sp³-hybridized carbons (Fsp3) is 0.462. The zero-order valence-electron chi connectivity index (χ0n) is 9.60. The minimum absolute atomic E-state index is 0.109. The summed E-state index contributed by atoms with van der Waals surface area (Å²) >= 11 is 0. The molecule has 2 N–H and O–H groups in total. The van der Waals surface area contributed by atoms with Crippen LogP contribution in [0.1, 0.15) is 12.0 Å². The van der Waals surface area contributed by atoms with E-state index in [-0.39, 0.29) is 18.1 Å². The molecule has 0 spiro atoms. The summed E-state index contributed by atoms with van der Waals surface area (Å²) in [5.74, 6) is 0.109. The predicted octanol–water partition coefficient (Wildman–Crippen LogP) is 0.616. The summed E-state index contributed by atoms with van der Waals surface area (Å²) in [5.41, 5.74) is 2.26. The van der Waals surface area contributed by atoms with Crippen LogP contribution in [0, 0.1) is 0 Å². The highest BCUT2D eigenvalue weighted by Gasteiger charge is 2.33. The number of carbonyl (C=O) groups is 1. The molecule has 0 aliphatic carbocycles. The SMILES string of the molecule is O=C([C@@H]1Cc2ccccc2N1)N1CCC(O)C1. The van der Waals surface area contributed by atoms with Crippen molar-refractivity contribution in [3.05, 3.63) is 29.8 Å². The Morgan fingerprint density at radius 3 is 2.94 bits per heavy atom. The van der Waals surface area contributed by atoms with Crippen molar-refractivity contribution in [2.75, 3.05) is 18.4 Å². The van der Waals surface area contributed by atoms with Crippen molar-refractivity contribution in [1.29, 1.82) is 0 Å². The van der Waals surface area contributed by atoms with Gasteiger partial charge in [0.1, 0.15) is 6.04 Å². The second-order valence-corrected chi connectivity index (χ2v) is 4.78. The Kier molecular flexibility index (Phi) is 2.52. The van der Waals surface area contributed by atoms with Crippen molar-refractivity contribution in [2.24, 2.45) is 0 Å². The molecule has 4 heteroatoms. The molecule has 1 aromatic carbocycles. The van der Waals surface area contributed by atoms with Gasteiger partial charge in [-0.2, -0.15) is 0 Å². The molecule has 3 rings (SSSR count). The number of para-hydroxylation sites is 1. The molecule has 1 fully saturated rings. The molecule has 1 saturated heterocycles. The third-order valence-corrected chi connectivity index (χ3v) is 3.54. The molecule has 1 aromatic rings. The van der Waals surface area contributed by atoms with E-state index in [1.54, 1.807) is 4.90 Å². The molecule has 0 radical (unpaired) electrons. The number of benzene rings is 1. The van der Waals surface area contributed by atoms with E-state index in [1.165, 1.54) is 5.56 Å². The van der Waals surface area contributed by atoms with E-state index in [0.717, 1.165) is 12.1 Å². The van der Waals surface area contributed by atoms with Crippen LogP contribution in [0.4, 0.5) is 5.69 Å². The van der Waals surface area contributed by atoms with Crippen LogP contribution >= 0.6 is 0 Å². The second-order valence-electron chi connectivity index (χ2n) is 4.78. The van der Waals surface area contributed by atoms with Crippen LogP contribution in [0.5, 0.6) is 0 Å². The van der Waals surface area contributed by atoms with E-state index >= 15 is 0 Å². The van der Waals surface area contributed by atoms with E-state index < -0.39 is 0 Å². The van der Waals surface area contributed by atoms with Crippen LogP contribution in [-0.2, 0) is 11.2 Å². The summed E-state index contributed by atoms with van der Waals surface area (Å²) < 4.78 is 0. The molecular formula is C13H16N2O2. The Bertz CT molecular complexity index is 422. The monoisotopic (exact) mass is 232 g/mol. The first-order valence-electron chi connectivity index (χ1n) is 6.05. The Labute approximate surface area is 100 Å². The Morgan fingerprint density at radius 2 is 2.24 bits per heavy atom. The molecule has 0 aromatic heterocycles. The lowest BCUT2D eigenvalue weighted by Gasteiger charge is -2.20. The fourth-order valence-corrected chi connectivity index (χ4v) is 2.61. The van der Waals surface area contributed by atoms with E-state index in [0.29, 0.717) is 19.5 Å². The minimum atomic E-state index is -0.345. The molecule has 0 bridgehead atoms. The number of amides is 1. The summed E-state index contributed by atoms with van der Waals surface area (Å²) in [5, 5.41) is 12.7. The number of nitrogens with zero attached hydrogens (tertiary/aromatic N) is 1. The van der Waals surface area contributed by atoms with Gasteiger partial charge >= 0.3 is 0 Å². The van der Waals surface area contributed by atoms with Gasteiger partial charge < -0.3 is 15.3 Å². The molecule has 0 saturated carbocycles. The van der Waals surface area contributed by atoms with Crippen LogP contribution in [0.25, 0.3) is 0 Å². The number of anilines is 1. The number of hydrogen-bond donors (Lipinski definition) is 2. The maximum atomic E-state index is 12.2. The van der Waals surface area contributed by atoms with Crippen LogP contribution in [0.2, 0.25) is 0 Å². The van der Waals surface area contributed by atoms with Crippen molar-refractivity contribution in [3.63, 3.8) is 0 Å². The van der Waals surface area contributed by atoms with Crippen molar-refractivity contribution in [3.8, 4) is 0 Å². The van der Waals surface area contributed by atoms with Gasteiger partial charge in [0.15, 0.2) is 0 Å². The van der Waals surface area contributed by atoms with Gasteiger partial charge in [0, 0.05) is 25.2 Å².